The van der Waals surface area contributed by atoms with Crippen LogP contribution in [0.1, 0.15) is 24.5 Å². The van der Waals surface area contributed by atoms with Crippen LogP contribution in [-0.2, 0) is 19.4 Å². The number of nitrogens with two attached hydrogens (primary N) is 1. The molecule has 96 valence electrons. The Hall–Kier alpha value is -1.61. The summed E-state index contributed by atoms with van der Waals surface area (Å²) in [5.41, 5.74) is 8.52. The summed E-state index contributed by atoms with van der Waals surface area (Å²) in [4.78, 5) is 0. The van der Waals surface area contributed by atoms with Crippen LogP contribution in [-0.4, -0.2) is 15.8 Å². The number of benzene rings is 1. The van der Waals surface area contributed by atoms with Crippen molar-refractivity contribution >= 4 is 0 Å². The molecule has 3 nitrogen and oxygen atoms in total. The second-order valence-electron chi connectivity index (χ2n) is 4.72. The fraction of sp³-hybridized carbons (Fsp3) is 0.400. The molecule has 1 unspecified atom stereocenters. The quantitative estimate of drug-likeness (QED) is 0.846. The van der Waals surface area contributed by atoms with E-state index in [0.29, 0.717) is 0 Å². The Balaban J connectivity index is 1.87. The van der Waals surface area contributed by atoms with Gasteiger partial charge in [0, 0.05) is 18.8 Å². The van der Waals surface area contributed by atoms with E-state index >= 15 is 0 Å². The van der Waals surface area contributed by atoms with Crippen LogP contribution in [0, 0.1) is 0 Å². The molecule has 0 aliphatic carbocycles. The van der Waals surface area contributed by atoms with Gasteiger partial charge in [-0.25, -0.2) is 0 Å². The molecule has 0 fully saturated rings. The van der Waals surface area contributed by atoms with Crippen LogP contribution >= 0.6 is 0 Å². The Bertz CT molecular complexity index is 462. The lowest BCUT2D eigenvalue weighted by Gasteiger charge is -2.05. The van der Waals surface area contributed by atoms with Gasteiger partial charge >= 0.3 is 0 Å². The van der Waals surface area contributed by atoms with Gasteiger partial charge in [-0.05, 0) is 30.4 Å². The van der Waals surface area contributed by atoms with E-state index in [4.69, 9.17) is 5.73 Å². The maximum atomic E-state index is 5.94. The van der Waals surface area contributed by atoms with Crippen molar-refractivity contribution in [2.75, 3.05) is 0 Å². The highest BCUT2D eigenvalue weighted by Gasteiger charge is 2.04. The lowest BCUT2D eigenvalue weighted by atomic mass is 10.1. The van der Waals surface area contributed by atoms with Crippen molar-refractivity contribution in [1.29, 1.82) is 0 Å². The Morgan fingerprint density at radius 1 is 1.22 bits per heavy atom. The van der Waals surface area contributed by atoms with Gasteiger partial charge in [-0.2, -0.15) is 5.10 Å². The van der Waals surface area contributed by atoms with Crippen molar-refractivity contribution in [1.82, 2.24) is 9.78 Å². The van der Waals surface area contributed by atoms with Crippen molar-refractivity contribution in [3.05, 3.63) is 53.9 Å². The minimum Gasteiger partial charge on any atom is -0.327 e. The molecule has 1 aromatic heterocycles. The standard InChI is InChI=1S/C15H21N3/c1-2-15(16)10-14-11-17-18(12-14)9-8-13-6-4-3-5-7-13/h3-7,11-12,15H,2,8-10,16H2,1H3. The minimum absolute atomic E-state index is 0.247. The van der Waals surface area contributed by atoms with Crippen LogP contribution in [0.4, 0.5) is 0 Å². The van der Waals surface area contributed by atoms with E-state index in [9.17, 15) is 0 Å². The molecule has 0 radical (unpaired) electrons. The summed E-state index contributed by atoms with van der Waals surface area (Å²) in [6, 6.07) is 10.7. The molecule has 1 aromatic carbocycles. The van der Waals surface area contributed by atoms with Crippen LogP contribution in [0.15, 0.2) is 42.7 Å². The lowest BCUT2D eigenvalue weighted by molar-refractivity contribution is 0.611. The first kappa shape index (κ1) is 12.8. The van der Waals surface area contributed by atoms with Crippen molar-refractivity contribution in [3.63, 3.8) is 0 Å². The number of aryl methyl sites for hydroxylation is 2. The van der Waals surface area contributed by atoms with Crippen molar-refractivity contribution in [2.24, 2.45) is 5.73 Å². The summed E-state index contributed by atoms with van der Waals surface area (Å²) in [6.45, 7) is 3.04. The van der Waals surface area contributed by atoms with Gasteiger partial charge in [0.05, 0.1) is 6.20 Å². The first-order valence-corrected chi connectivity index (χ1v) is 6.58. The largest absolute Gasteiger partial charge is 0.327 e. The van der Waals surface area contributed by atoms with E-state index in [-0.39, 0.29) is 6.04 Å². The van der Waals surface area contributed by atoms with Gasteiger partial charge in [-0.3, -0.25) is 4.68 Å². The monoisotopic (exact) mass is 243 g/mol. The molecule has 2 rings (SSSR count). The van der Waals surface area contributed by atoms with Crippen LogP contribution < -0.4 is 5.73 Å². The van der Waals surface area contributed by atoms with E-state index in [0.717, 1.165) is 25.8 Å². The second kappa shape index (κ2) is 6.36. The third-order valence-electron chi connectivity index (χ3n) is 3.18. The Kier molecular flexibility index (Phi) is 4.53. The van der Waals surface area contributed by atoms with Gasteiger partial charge in [0.1, 0.15) is 0 Å². The summed E-state index contributed by atoms with van der Waals surface area (Å²) in [6.07, 6.45) is 6.98. The van der Waals surface area contributed by atoms with Crippen LogP contribution in [0.2, 0.25) is 0 Å². The summed E-state index contributed by atoms with van der Waals surface area (Å²) < 4.78 is 2.00. The highest BCUT2D eigenvalue weighted by atomic mass is 15.3. The summed E-state index contributed by atoms with van der Waals surface area (Å²) >= 11 is 0. The van der Waals surface area contributed by atoms with Gasteiger partial charge in [0.15, 0.2) is 0 Å². The first-order valence-electron chi connectivity index (χ1n) is 6.58. The van der Waals surface area contributed by atoms with Crippen LogP contribution in [0.25, 0.3) is 0 Å². The predicted octanol–water partition coefficient (Wildman–Crippen LogP) is 2.41. The van der Waals surface area contributed by atoms with E-state index < -0.39 is 0 Å². The SMILES string of the molecule is CCC(N)Cc1cnn(CCc2ccccc2)c1. The van der Waals surface area contributed by atoms with Gasteiger partial charge in [-0.1, -0.05) is 37.3 Å². The zero-order valence-corrected chi connectivity index (χ0v) is 10.9. The Morgan fingerprint density at radius 2 is 2.00 bits per heavy atom. The van der Waals surface area contributed by atoms with Crippen LogP contribution in [0.3, 0.4) is 0 Å². The van der Waals surface area contributed by atoms with Gasteiger partial charge in [-0.15, -0.1) is 0 Å². The highest BCUT2D eigenvalue weighted by Crippen LogP contribution is 2.05. The fourth-order valence-corrected chi connectivity index (χ4v) is 1.97. The predicted molar refractivity (Wildman–Crippen MR) is 74.3 cm³/mol. The number of aromatic nitrogens is 2. The third-order valence-corrected chi connectivity index (χ3v) is 3.18. The molecule has 0 spiro atoms. The highest BCUT2D eigenvalue weighted by molar-refractivity contribution is 5.14. The third kappa shape index (κ3) is 3.70. The van der Waals surface area contributed by atoms with E-state index in [1.54, 1.807) is 0 Å². The summed E-state index contributed by atoms with van der Waals surface area (Å²) in [7, 11) is 0. The molecule has 0 saturated heterocycles. The molecule has 3 heteroatoms. The van der Waals surface area contributed by atoms with Crippen LogP contribution in [0.5, 0.6) is 0 Å². The van der Waals surface area contributed by atoms with Gasteiger partial charge < -0.3 is 5.73 Å². The fourth-order valence-electron chi connectivity index (χ4n) is 1.97. The van der Waals surface area contributed by atoms with E-state index in [2.05, 4.69) is 42.5 Å². The van der Waals surface area contributed by atoms with E-state index in [1.807, 2.05) is 16.9 Å². The molecule has 18 heavy (non-hydrogen) atoms. The summed E-state index contributed by atoms with van der Waals surface area (Å²) in [5.74, 6) is 0. The zero-order chi connectivity index (χ0) is 12.8. The number of hydrogen-bond donors (Lipinski definition) is 1. The molecular formula is C15H21N3. The lowest BCUT2D eigenvalue weighted by Crippen LogP contribution is -2.21. The molecule has 2 N–H and O–H groups in total. The molecule has 2 aromatic rings. The van der Waals surface area contributed by atoms with Crippen molar-refractivity contribution in [2.45, 2.75) is 38.8 Å². The topological polar surface area (TPSA) is 43.8 Å². The van der Waals surface area contributed by atoms with Gasteiger partial charge in [0.25, 0.3) is 0 Å². The van der Waals surface area contributed by atoms with Gasteiger partial charge in [0.2, 0.25) is 0 Å². The molecule has 1 atom stereocenters. The number of rotatable bonds is 6. The normalized spacial score (nSPS) is 12.6. The first-order chi connectivity index (χ1) is 8.78. The molecule has 0 aliphatic heterocycles. The molecule has 1 heterocycles. The summed E-state index contributed by atoms with van der Waals surface area (Å²) in [5, 5.41) is 4.38. The maximum Gasteiger partial charge on any atom is 0.0522 e. The average Bonchev–Trinajstić information content (AvgIpc) is 2.85. The Labute approximate surface area is 109 Å². The molecular weight excluding hydrogens is 222 g/mol. The average molecular weight is 243 g/mol. The molecule has 0 saturated carbocycles. The second-order valence-corrected chi connectivity index (χ2v) is 4.72. The molecule has 0 aliphatic rings. The smallest absolute Gasteiger partial charge is 0.0522 e. The minimum atomic E-state index is 0.247. The molecule has 0 bridgehead atoms. The number of hydrogen-bond acceptors (Lipinski definition) is 2. The Morgan fingerprint density at radius 3 is 2.72 bits per heavy atom. The molecule has 0 amide bonds. The van der Waals surface area contributed by atoms with E-state index in [1.165, 1.54) is 11.1 Å². The van der Waals surface area contributed by atoms with Crippen molar-refractivity contribution < 1.29 is 0 Å². The maximum absolute atomic E-state index is 5.94. The zero-order valence-electron chi connectivity index (χ0n) is 10.9. The van der Waals surface area contributed by atoms with Crippen molar-refractivity contribution in [3.8, 4) is 0 Å². The number of nitrogens with zero attached hydrogens (tertiary/aromatic N) is 2.